The topological polar surface area (TPSA) is 140 Å². The quantitative estimate of drug-likeness (QED) is 0.128. The highest BCUT2D eigenvalue weighted by molar-refractivity contribution is 6.00. The number of nitrogens with one attached hydrogen (secondary N) is 2. The molecule has 1 atom stereocenters. The van der Waals surface area contributed by atoms with Crippen LogP contribution in [0.2, 0.25) is 0 Å². The summed E-state index contributed by atoms with van der Waals surface area (Å²) in [5, 5.41) is 12.1. The number of carbonyl (C=O) groups is 2. The highest BCUT2D eigenvalue weighted by atomic mass is 16.5. The second-order valence-electron chi connectivity index (χ2n) is 16.5. The molecule has 0 spiro atoms. The molecule has 4 N–H and O–H groups in total. The number of para-hydroxylation sites is 1. The van der Waals surface area contributed by atoms with Crippen LogP contribution >= 0.6 is 0 Å². The first-order chi connectivity index (χ1) is 25.8. The van der Waals surface area contributed by atoms with Gasteiger partial charge in [-0.1, -0.05) is 32.0 Å². The highest BCUT2D eigenvalue weighted by Gasteiger charge is 2.50. The van der Waals surface area contributed by atoms with Crippen molar-refractivity contribution in [1.82, 2.24) is 30.0 Å². The van der Waals surface area contributed by atoms with E-state index in [-0.39, 0.29) is 23.8 Å². The number of hydrogen-bond acceptors (Lipinski definition) is 8. The number of fused-ring (bicyclic) bond motifs is 1. The Kier molecular flexibility index (Phi) is 10.1. The van der Waals surface area contributed by atoms with Crippen molar-refractivity contribution in [3.63, 3.8) is 0 Å². The van der Waals surface area contributed by atoms with Crippen LogP contribution in [0.1, 0.15) is 90.5 Å². The number of nitrogen functional groups attached to an aromatic ring is 1. The van der Waals surface area contributed by atoms with Crippen molar-refractivity contribution in [1.29, 1.82) is 0 Å². The molecule has 1 saturated heterocycles. The van der Waals surface area contributed by atoms with Gasteiger partial charge in [-0.2, -0.15) is 5.10 Å². The van der Waals surface area contributed by atoms with E-state index in [4.69, 9.17) is 15.6 Å². The van der Waals surface area contributed by atoms with E-state index < -0.39 is 0 Å². The van der Waals surface area contributed by atoms with Gasteiger partial charge in [-0.15, -0.1) is 0 Å². The van der Waals surface area contributed by atoms with Gasteiger partial charge in [-0.05, 0) is 118 Å². The molecule has 280 valence electrons. The molecule has 2 aromatic heterocycles. The summed E-state index contributed by atoms with van der Waals surface area (Å²) in [5.74, 6) is 4.60. The van der Waals surface area contributed by atoms with E-state index in [0.29, 0.717) is 58.1 Å². The second kappa shape index (κ2) is 15.1. The van der Waals surface area contributed by atoms with E-state index in [2.05, 4.69) is 32.4 Å². The Morgan fingerprint density at radius 1 is 1.00 bits per heavy atom. The minimum Gasteiger partial charge on any atom is -0.455 e. The van der Waals surface area contributed by atoms with E-state index in [9.17, 15) is 9.59 Å². The number of benzene rings is 2. The van der Waals surface area contributed by atoms with Crippen LogP contribution in [0.3, 0.4) is 0 Å². The van der Waals surface area contributed by atoms with Crippen LogP contribution in [0.4, 0.5) is 11.5 Å². The number of hydrogen-bond donors (Lipinski definition) is 3. The van der Waals surface area contributed by atoms with Gasteiger partial charge in [0.05, 0.1) is 17.1 Å². The van der Waals surface area contributed by atoms with Crippen LogP contribution in [0.15, 0.2) is 54.9 Å². The maximum atomic E-state index is 13.1. The highest BCUT2D eigenvalue weighted by Crippen LogP contribution is 2.61. The van der Waals surface area contributed by atoms with Gasteiger partial charge in [0, 0.05) is 44.1 Å². The van der Waals surface area contributed by atoms with Gasteiger partial charge in [0.1, 0.15) is 23.6 Å². The molecular formula is C42H54N8O3. The van der Waals surface area contributed by atoms with Crippen molar-refractivity contribution in [2.24, 2.45) is 29.1 Å². The van der Waals surface area contributed by atoms with E-state index in [1.165, 1.54) is 51.3 Å². The number of nitrogens with zero attached hydrogens (tertiary/aromatic N) is 5. The lowest BCUT2D eigenvalue weighted by Gasteiger charge is -2.57. The summed E-state index contributed by atoms with van der Waals surface area (Å²) < 4.78 is 8.16. The zero-order valence-corrected chi connectivity index (χ0v) is 31.2. The van der Waals surface area contributed by atoms with E-state index in [1.807, 2.05) is 60.1 Å². The molecule has 3 heterocycles. The van der Waals surface area contributed by atoms with Gasteiger partial charge in [0.25, 0.3) is 0 Å². The minimum absolute atomic E-state index is 0.0667. The number of carbonyl (C=O) groups excluding carboxylic acids is 2. The van der Waals surface area contributed by atoms with E-state index in [1.54, 1.807) is 0 Å². The van der Waals surface area contributed by atoms with Crippen molar-refractivity contribution in [2.75, 3.05) is 37.2 Å². The SMILES string of the molecule is CCC(=O)Nc1cc(-c2nn(C3CCN(CCNC(=O)C(C)CCC45CC6CC(CC(C6)C4)C5)CC3)c3ncnc(N)c23)ccc1Oc1ccccc1. The molecule has 9 rings (SSSR count). The Labute approximate surface area is 312 Å². The average Bonchev–Trinajstić information content (AvgIpc) is 3.55. The predicted octanol–water partition coefficient (Wildman–Crippen LogP) is 7.60. The third kappa shape index (κ3) is 7.63. The van der Waals surface area contributed by atoms with Crippen LogP contribution in [-0.2, 0) is 9.59 Å². The zero-order chi connectivity index (χ0) is 36.5. The lowest BCUT2D eigenvalue weighted by Crippen LogP contribution is -2.46. The summed E-state index contributed by atoms with van der Waals surface area (Å²) in [6.07, 6.45) is 14.5. The molecule has 53 heavy (non-hydrogen) atoms. The van der Waals surface area contributed by atoms with Gasteiger partial charge >= 0.3 is 0 Å². The van der Waals surface area contributed by atoms with Gasteiger partial charge in [-0.25, -0.2) is 14.6 Å². The fraction of sp³-hybridized carbons (Fsp3) is 0.548. The second-order valence-corrected chi connectivity index (χ2v) is 16.5. The number of aromatic nitrogens is 4. The Bertz CT molecular complexity index is 1900. The number of anilines is 2. The Hall–Kier alpha value is -4.51. The number of rotatable bonds is 13. The molecule has 5 aliphatic rings. The maximum Gasteiger partial charge on any atom is 0.224 e. The molecule has 1 aliphatic heterocycles. The number of piperidine rings is 1. The van der Waals surface area contributed by atoms with Gasteiger partial charge in [-0.3, -0.25) is 9.59 Å². The molecule has 4 aromatic rings. The molecule has 4 aliphatic carbocycles. The van der Waals surface area contributed by atoms with Crippen LogP contribution in [0, 0.1) is 29.1 Å². The smallest absolute Gasteiger partial charge is 0.224 e. The normalized spacial score (nSPS) is 24.7. The van der Waals surface area contributed by atoms with Crippen LogP contribution < -0.4 is 21.1 Å². The number of nitrogens with two attached hydrogens (primary N) is 1. The summed E-state index contributed by atoms with van der Waals surface area (Å²) in [4.78, 5) is 37.0. The van der Waals surface area contributed by atoms with Gasteiger partial charge in [0.2, 0.25) is 11.8 Å². The van der Waals surface area contributed by atoms with Crippen molar-refractivity contribution in [2.45, 2.75) is 90.5 Å². The summed E-state index contributed by atoms with van der Waals surface area (Å²) in [6.45, 7) is 7.25. The Morgan fingerprint density at radius 2 is 1.72 bits per heavy atom. The molecule has 4 bridgehead atoms. The van der Waals surface area contributed by atoms with Crippen LogP contribution in [-0.4, -0.2) is 62.6 Å². The third-order valence-corrected chi connectivity index (χ3v) is 12.7. The van der Waals surface area contributed by atoms with Crippen molar-refractivity contribution in [3.8, 4) is 22.8 Å². The number of ether oxygens (including phenoxy) is 1. The average molecular weight is 719 g/mol. The molecular weight excluding hydrogens is 665 g/mol. The summed E-state index contributed by atoms with van der Waals surface area (Å²) in [6, 6.07) is 15.3. The standard InChI is InChI=1S/C42H54N8O3/c1-3-36(51)47-34-22-31(9-10-35(34)53-33-7-5-4-6-8-33)38-37-39(43)45-26-46-40(37)50(48-38)32-12-16-49(17-13-32)18-15-44-41(52)27(2)11-14-42-23-28-19-29(24-42)21-30(20-28)25-42/h4-10,22,26-30,32H,3,11-21,23-25H2,1-2H3,(H,44,52)(H,47,51)(H2,43,45,46). The molecule has 5 fully saturated rings. The van der Waals surface area contributed by atoms with Crippen molar-refractivity contribution in [3.05, 3.63) is 54.9 Å². The van der Waals surface area contributed by atoms with Crippen LogP contribution in [0.25, 0.3) is 22.3 Å². The summed E-state index contributed by atoms with van der Waals surface area (Å²) >= 11 is 0. The largest absolute Gasteiger partial charge is 0.455 e. The number of amides is 2. The summed E-state index contributed by atoms with van der Waals surface area (Å²) in [7, 11) is 0. The fourth-order valence-electron chi connectivity index (χ4n) is 10.3. The number of likely N-dealkylation sites (tertiary alicyclic amines) is 1. The predicted molar refractivity (Wildman–Crippen MR) is 207 cm³/mol. The van der Waals surface area contributed by atoms with Crippen LogP contribution in [0.5, 0.6) is 11.5 Å². The molecule has 2 amide bonds. The molecule has 4 saturated carbocycles. The first kappa shape index (κ1) is 35.5. The lowest BCUT2D eigenvalue weighted by atomic mass is 9.48. The molecule has 1 unspecified atom stereocenters. The van der Waals surface area contributed by atoms with E-state index in [0.717, 1.165) is 62.2 Å². The Balaban J connectivity index is 0.890. The Morgan fingerprint density at radius 3 is 2.42 bits per heavy atom. The van der Waals surface area contributed by atoms with Crippen molar-refractivity contribution >= 4 is 34.4 Å². The molecule has 11 nitrogen and oxygen atoms in total. The van der Waals surface area contributed by atoms with Crippen molar-refractivity contribution < 1.29 is 14.3 Å². The first-order valence-electron chi connectivity index (χ1n) is 19.9. The third-order valence-electron chi connectivity index (χ3n) is 12.7. The molecule has 2 aromatic carbocycles. The summed E-state index contributed by atoms with van der Waals surface area (Å²) in [5.41, 5.74) is 9.70. The van der Waals surface area contributed by atoms with Gasteiger partial charge < -0.3 is 26.0 Å². The fourth-order valence-corrected chi connectivity index (χ4v) is 10.3. The lowest BCUT2D eigenvalue weighted by molar-refractivity contribution is -0.125. The maximum absolute atomic E-state index is 13.1. The monoisotopic (exact) mass is 718 g/mol. The minimum atomic E-state index is -0.119. The zero-order valence-electron chi connectivity index (χ0n) is 31.2. The molecule has 0 radical (unpaired) electrons. The van der Waals surface area contributed by atoms with E-state index >= 15 is 0 Å². The van der Waals surface area contributed by atoms with Gasteiger partial charge in [0.15, 0.2) is 11.4 Å². The molecule has 11 heteroatoms. The first-order valence-corrected chi connectivity index (χ1v) is 19.9.